The fourth-order valence-corrected chi connectivity index (χ4v) is 4.60. The number of rotatable bonds is 4. The fraction of sp³-hybridized carbons (Fsp3) is 0.368. The SMILES string of the molecule is NC1CCCC(F)(F)C1NC(=O)c1cc(-c2cnn3ccccc23)c(C(F)F)s1. The molecule has 3 heterocycles. The van der Waals surface area contributed by atoms with Crippen molar-refractivity contribution < 1.29 is 22.4 Å². The molecule has 29 heavy (non-hydrogen) atoms. The summed E-state index contributed by atoms with van der Waals surface area (Å²) >= 11 is 0.588. The molecule has 2 atom stereocenters. The van der Waals surface area contributed by atoms with Gasteiger partial charge in [0.25, 0.3) is 18.3 Å². The van der Waals surface area contributed by atoms with E-state index in [0.29, 0.717) is 28.8 Å². The number of amides is 1. The van der Waals surface area contributed by atoms with Crippen LogP contribution in [0.3, 0.4) is 0 Å². The molecule has 0 radical (unpaired) electrons. The van der Waals surface area contributed by atoms with Crippen LogP contribution in [0.1, 0.15) is 40.2 Å². The van der Waals surface area contributed by atoms with Gasteiger partial charge in [-0.05, 0) is 31.0 Å². The van der Waals surface area contributed by atoms with E-state index in [-0.39, 0.29) is 28.2 Å². The fourth-order valence-electron chi connectivity index (χ4n) is 3.67. The van der Waals surface area contributed by atoms with Gasteiger partial charge >= 0.3 is 0 Å². The number of nitrogens with one attached hydrogen (secondary N) is 1. The average Bonchev–Trinajstić information content (AvgIpc) is 3.28. The number of aromatic nitrogens is 2. The summed E-state index contributed by atoms with van der Waals surface area (Å²) in [4.78, 5) is 12.2. The molecule has 3 aromatic heterocycles. The third-order valence-corrected chi connectivity index (χ3v) is 6.26. The molecular weight excluding hydrogens is 408 g/mol. The van der Waals surface area contributed by atoms with Crippen LogP contribution in [0.2, 0.25) is 0 Å². The number of nitrogens with zero attached hydrogens (tertiary/aromatic N) is 2. The van der Waals surface area contributed by atoms with Crippen molar-refractivity contribution in [1.82, 2.24) is 14.9 Å². The first-order valence-electron chi connectivity index (χ1n) is 9.07. The summed E-state index contributed by atoms with van der Waals surface area (Å²) < 4.78 is 57.2. The molecule has 1 fully saturated rings. The standard InChI is InChI=1S/C19H18F4N4OS/c20-17(21)15-10(11-9-25-27-7-2-1-5-13(11)27)8-14(29-15)18(28)26-16-12(24)4-3-6-19(16,22)23/h1-2,5,7-9,12,16-17H,3-4,6,24H2,(H,26,28). The second-order valence-corrected chi connectivity index (χ2v) is 8.13. The molecule has 1 saturated carbocycles. The highest BCUT2D eigenvalue weighted by molar-refractivity contribution is 7.14. The topological polar surface area (TPSA) is 72.4 Å². The number of alkyl halides is 4. The van der Waals surface area contributed by atoms with Crippen LogP contribution < -0.4 is 11.1 Å². The number of halogens is 4. The molecule has 4 rings (SSSR count). The van der Waals surface area contributed by atoms with E-state index in [9.17, 15) is 22.4 Å². The van der Waals surface area contributed by atoms with E-state index in [0.717, 1.165) is 0 Å². The van der Waals surface area contributed by atoms with Gasteiger partial charge in [0.2, 0.25) is 0 Å². The van der Waals surface area contributed by atoms with Gasteiger partial charge in [-0.15, -0.1) is 11.3 Å². The number of hydrogen-bond donors (Lipinski definition) is 2. The Labute approximate surface area is 167 Å². The largest absolute Gasteiger partial charge is 0.341 e. The van der Waals surface area contributed by atoms with E-state index in [2.05, 4.69) is 10.4 Å². The van der Waals surface area contributed by atoms with Gasteiger partial charge in [-0.1, -0.05) is 6.07 Å². The number of pyridine rings is 1. The molecule has 0 saturated heterocycles. The predicted octanol–water partition coefficient (Wildman–Crippen LogP) is 4.25. The van der Waals surface area contributed by atoms with Crippen molar-refractivity contribution in [2.75, 3.05) is 0 Å². The van der Waals surface area contributed by atoms with Crippen molar-refractivity contribution in [3.8, 4) is 11.1 Å². The smallest absolute Gasteiger partial charge is 0.273 e. The summed E-state index contributed by atoms with van der Waals surface area (Å²) in [5, 5.41) is 6.40. The van der Waals surface area contributed by atoms with Gasteiger partial charge in [0.05, 0.1) is 21.5 Å². The molecular formula is C19H18F4N4OS. The minimum atomic E-state index is -3.14. The maximum atomic E-state index is 14.2. The highest BCUT2D eigenvalue weighted by Gasteiger charge is 2.46. The lowest BCUT2D eigenvalue weighted by molar-refractivity contribution is -0.0674. The lowest BCUT2D eigenvalue weighted by Crippen LogP contribution is -2.59. The third kappa shape index (κ3) is 3.62. The zero-order chi connectivity index (χ0) is 20.8. The van der Waals surface area contributed by atoms with Crippen molar-refractivity contribution in [2.45, 2.75) is 43.7 Å². The van der Waals surface area contributed by atoms with Crippen LogP contribution in [-0.4, -0.2) is 33.5 Å². The summed E-state index contributed by atoms with van der Waals surface area (Å²) in [5.41, 5.74) is 6.98. The summed E-state index contributed by atoms with van der Waals surface area (Å²) in [6.45, 7) is 0. The summed E-state index contributed by atoms with van der Waals surface area (Å²) in [6.07, 6.45) is 0.554. The predicted molar refractivity (Wildman–Crippen MR) is 101 cm³/mol. The molecule has 3 aromatic rings. The van der Waals surface area contributed by atoms with Crippen LogP contribution >= 0.6 is 11.3 Å². The minimum absolute atomic E-state index is 0.0702. The van der Waals surface area contributed by atoms with Crippen LogP contribution in [0, 0.1) is 0 Å². The van der Waals surface area contributed by atoms with Crippen LogP contribution in [0.15, 0.2) is 36.7 Å². The van der Waals surface area contributed by atoms with Gasteiger partial charge in [-0.25, -0.2) is 22.1 Å². The maximum absolute atomic E-state index is 14.2. The monoisotopic (exact) mass is 426 g/mol. The Bertz CT molecular complexity index is 1050. The van der Waals surface area contributed by atoms with Gasteiger partial charge in [-0.2, -0.15) is 5.10 Å². The highest BCUT2D eigenvalue weighted by Crippen LogP contribution is 2.40. The molecule has 2 unspecified atom stereocenters. The zero-order valence-electron chi connectivity index (χ0n) is 15.1. The Morgan fingerprint density at radius 3 is 2.86 bits per heavy atom. The summed E-state index contributed by atoms with van der Waals surface area (Å²) in [5.74, 6) is -3.97. The third-order valence-electron chi connectivity index (χ3n) is 5.12. The van der Waals surface area contributed by atoms with E-state index in [1.807, 2.05) is 0 Å². The van der Waals surface area contributed by atoms with Crippen molar-refractivity contribution in [2.24, 2.45) is 5.73 Å². The molecule has 10 heteroatoms. The first-order valence-corrected chi connectivity index (χ1v) is 9.88. The summed E-state index contributed by atoms with van der Waals surface area (Å²) in [7, 11) is 0. The second kappa shape index (κ2) is 7.42. The van der Waals surface area contributed by atoms with E-state index in [4.69, 9.17) is 5.73 Å². The van der Waals surface area contributed by atoms with Crippen molar-refractivity contribution >= 4 is 22.8 Å². The van der Waals surface area contributed by atoms with Crippen LogP contribution in [0.4, 0.5) is 17.6 Å². The molecule has 3 N–H and O–H groups in total. The van der Waals surface area contributed by atoms with Crippen LogP contribution in [0.5, 0.6) is 0 Å². The lowest BCUT2D eigenvalue weighted by Gasteiger charge is -2.36. The maximum Gasteiger partial charge on any atom is 0.273 e. The number of nitrogens with two attached hydrogens (primary N) is 1. The quantitative estimate of drug-likeness (QED) is 0.613. The molecule has 0 aromatic carbocycles. The van der Waals surface area contributed by atoms with Gasteiger partial charge in [0, 0.05) is 29.8 Å². The number of hydrogen-bond acceptors (Lipinski definition) is 4. The van der Waals surface area contributed by atoms with Gasteiger partial charge < -0.3 is 11.1 Å². The van der Waals surface area contributed by atoms with E-state index >= 15 is 0 Å². The minimum Gasteiger partial charge on any atom is -0.341 e. The van der Waals surface area contributed by atoms with E-state index in [1.165, 1.54) is 16.8 Å². The number of thiophene rings is 1. The van der Waals surface area contributed by atoms with Gasteiger partial charge in [-0.3, -0.25) is 4.79 Å². The first-order chi connectivity index (χ1) is 13.8. The molecule has 0 spiro atoms. The highest BCUT2D eigenvalue weighted by atomic mass is 32.1. The van der Waals surface area contributed by atoms with Crippen molar-refractivity contribution in [3.63, 3.8) is 0 Å². The van der Waals surface area contributed by atoms with E-state index < -0.39 is 30.3 Å². The molecule has 1 amide bonds. The van der Waals surface area contributed by atoms with E-state index in [1.54, 1.807) is 24.4 Å². The number of carbonyl (C=O) groups is 1. The summed E-state index contributed by atoms with van der Waals surface area (Å²) in [6, 6.07) is 4.10. The Kier molecular flexibility index (Phi) is 5.07. The van der Waals surface area contributed by atoms with Crippen LogP contribution in [-0.2, 0) is 0 Å². The normalized spacial score (nSPS) is 21.6. The molecule has 0 aliphatic heterocycles. The lowest BCUT2D eigenvalue weighted by atomic mass is 9.87. The van der Waals surface area contributed by atoms with Gasteiger partial charge in [0.1, 0.15) is 6.04 Å². The van der Waals surface area contributed by atoms with Crippen LogP contribution in [0.25, 0.3) is 16.6 Å². The van der Waals surface area contributed by atoms with Crippen molar-refractivity contribution in [3.05, 3.63) is 46.4 Å². The van der Waals surface area contributed by atoms with Crippen molar-refractivity contribution in [1.29, 1.82) is 0 Å². The van der Waals surface area contributed by atoms with Gasteiger partial charge in [0.15, 0.2) is 0 Å². The molecule has 0 bridgehead atoms. The average molecular weight is 426 g/mol. The number of carbonyl (C=O) groups excluding carboxylic acids is 1. The molecule has 1 aliphatic rings. The number of fused-ring (bicyclic) bond motifs is 1. The molecule has 154 valence electrons. The molecule has 5 nitrogen and oxygen atoms in total. The molecule has 1 aliphatic carbocycles. The Morgan fingerprint density at radius 1 is 1.34 bits per heavy atom. The Balaban J connectivity index is 1.69. The zero-order valence-corrected chi connectivity index (χ0v) is 15.9. The Morgan fingerprint density at radius 2 is 2.14 bits per heavy atom. The Hall–Kier alpha value is -2.46. The second-order valence-electron chi connectivity index (χ2n) is 7.05. The first kappa shape index (κ1) is 19.8.